The maximum absolute atomic E-state index is 13.7. The largest absolute Gasteiger partial charge is 0.494 e. The summed E-state index contributed by atoms with van der Waals surface area (Å²) >= 11 is 0. The number of ether oxygens (including phenoxy) is 2. The molecule has 0 radical (unpaired) electrons. The first-order valence-electron chi connectivity index (χ1n) is 9.56. The predicted octanol–water partition coefficient (Wildman–Crippen LogP) is 2.34. The standard InChI is InChI=1S/C20H29FN2O3/c1-25-19-4-2-16(14-18(19)21)3-5-20(24)23-8-6-17(7-9-23)15-22-10-12-26-13-11-22/h2,4,14,17H,3,5-13,15H2,1H3. The van der Waals surface area contributed by atoms with Gasteiger partial charge in [0.15, 0.2) is 11.6 Å². The lowest BCUT2D eigenvalue weighted by Crippen LogP contribution is -2.44. The summed E-state index contributed by atoms with van der Waals surface area (Å²) in [5, 5.41) is 0. The van der Waals surface area contributed by atoms with Gasteiger partial charge in [0, 0.05) is 39.1 Å². The zero-order chi connectivity index (χ0) is 18.4. The van der Waals surface area contributed by atoms with Crippen LogP contribution in [0.25, 0.3) is 0 Å². The summed E-state index contributed by atoms with van der Waals surface area (Å²) in [6.07, 6.45) is 3.13. The second-order valence-corrected chi connectivity index (χ2v) is 7.21. The van der Waals surface area contributed by atoms with Crippen molar-refractivity contribution in [3.63, 3.8) is 0 Å². The number of amides is 1. The maximum Gasteiger partial charge on any atom is 0.222 e. The van der Waals surface area contributed by atoms with Gasteiger partial charge in [-0.15, -0.1) is 0 Å². The van der Waals surface area contributed by atoms with Crippen LogP contribution in [0.2, 0.25) is 0 Å². The molecule has 3 rings (SSSR count). The zero-order valence-electron chi connectivity index (χ0n) is 15.6. The number of methoxy groups -OCH3 is 1. The van der Waals surface area contributed by atoms with Gasteiger partial charge < -0.3 is 14.4 Å². The molecule has 0 saturated carbocycles. The Balaban J connectivity index is 1.40. The van der Waals surface area contributed by atoms with Gasteiger partial charge in [-0.2, -0.15) is 0 Å². The molecule has 0 aromatic heterocycles. The van der Waals surface area contributed by atoms with E-state index in [-0.39, 0.29) is 17.5 Å². The van der Waals surface area contributed by atoms with Gasteiger partial charge in [-0.3, -0.25) is 9.69 Å². The van der Waals surface area contributed by atoms with E-state index in [2.05, 4.69) is 4.90 Å². The van der Waals surface area contributed by atoms with E-state index < -0.39 is 0 Å². The number of likely N-dealkylation sites (tertiary alicyclic amines) is 1. The van der Waals surface area contributed by atoms with Crippen molar-refractivity contribution in [2.45, 2.75) is 25.7 Å². The number of halogens is 1. The van der Waals surface area contributed by atoms with Gasteiger partial charge in [0.05, 0.1) is 20.3 Å². The van der Waals surface area contributed by atoms with E-state index in [9.17, 15) is 9.18 Å². The molecule has 6 heteroatoms. The third-order valence-corrected chi connectivity index (χ3v) is 5.43. The molecule has 144 valence electrons. The number of morpholine rings is 1. The number of benzene rings is 1. The van der Waals surface area contributed by atoms with Crippen molar-refractivity contribution in [2.24, 2.45) is 5.92 Å². The predicted molar refractivity (Wildman–Crippen MR) is 97.8 cm³/mol. The van der Waals surface area contributed by atoms with Gasteiger partial charge in [-0.05, 0) is 42.9 Å². The molecule has 2 saturated heterocycles. The van der Waals surface area contributed by atoms with Gasteiger partial charge in [0.1, 0.15) is 0 Å². The number of nitrogens with zero attached hydrogens (tertiary/aromatic N) is 2. The minimum Gasteiger partial charge on any atom is -0.494 e. The number of hydrogen-bond donors (Lipinski definition) is 0. The number of rotatable bonds is 6. The molecule has 1 aromatic carbocycles. The molecular formula is C20H29FN2O3. The molecule has 2 heterocycles. The average Bonchev–Trinajstić information content (AvgIpc) is 2.67. The van der Waals surface area contributed by atoms with E-state index in [4.69, 9.17) is 9.47 Å². The Morgan fingerprint density at radius 2 is 1.96 bits per heavy atom. The van der Waals surface area contributed by atoms with Crippen LogP contribution in [0.5, 0.6) is 5.75 Å². The van der Waals surface area contributed by atoms with E-state index in [0.29, 0.717) is 18.8 Å². The maximum atomic E-state index is 13.7. The minimum absolute atomic E-state index is 0.172. The molecule has 2 fully saturated rings. The van der Waals surface area contributed by atoms with Crippen molar-refractivity contribution in [1.82, 2.24) is 9.80 Å². The van der Waals surface area contributed by atoms with E-state index in [1.165, 1.54) is 13.2 Å². The summed E-state index contributed by atoms with van der Waals surface area (Å²) in [7, 11) is 1.45. The Labute approximate surface area is 155 Å². The fourth-order valence-electron chi connectivity index (χ4n) is 3.79. The monoisotopic (exact) mass is 364 g/mol. The van der Waals surface area contributed by atoms with Crippen LogP contribution in [-0.2, 0) is 16.0 Å². The SMILES string of the molecule is COc1ccc(CCC(=O)N2CCC(CN3CCOCC3)CC2)cc1F. The Morgan fingerprint density at radius 3 is 2.62 bits per heavy atom. The summed E-state index contributed by atoms with van der Waals surface area (Å²) in [6.45, 7) is 6.52. The topological polar surface area (TPSA) is 42.0 Å². The van der Waals surface area contributed by atoms with Crippen molar-refractivity contribution < 1.29 is 18.7 Å². The number of piperidine rings is 1. The summed E-state index contributed by atoms with van der Waals surface area (Å²) < 4.78 is 24.1. The van der Waals surface area contributed by atoms with Crippen molar-refractivity contribution in [2.75, 3.05) is 53.0 Å². The third-order valence-electron chi connectivity index (χ3n) is 5.43. The molecule has 0 bridgehead atoms. The molecule has 1 amide bonds. The lowest BCUT2D eigenvalue weighted by atomic mass is 9.95. The molecule has 0 aliphatic carbocycles. The Morgan fingerprint density at radius 1 is 1.23 bits per heavy atom. The van der Waals surface area contributed by atoms with E-state index in [0.717, 1.165) is 64.3 Å². The first-order valence-corrected chi connectivity index (χ1v) is 9.56. The molecule has 1 aromatic rings. The van der Waals surface area contributed by atoms with Crippen molar-refractivity contribution in [3.8, 4) is 5.75 Å². The number of carbonyl (C=O) groups excluding carboxylic acids is 1. The highest BCUT2D eigenvalue weighted by Gasteiger charge is 2.24. The minimum atomic E-state index is -0.374. The van der Waals surface area contributed by atoms with Crippen molar-refractivity contribution in [3.05, 3.63) is 29.6 Å². The van der Waals surface area contributed by atoms with E-state index >= 15 is 0 Å². The van der Waals surface area contributed by atoms with Crippen LogP contribution in [0.3, 0.4) is 0 Å². The molecule has 2 aliphatic rings. The molecular weight excluding hydrogens is 335 g/mol. The van der Waals surface area contributed by atoms with E-state index in [1.54, 1.807) is 6.07 Å². The second-order valence-electron chi connectivity index (χ2n) is 7.21. The molecule has 2 aliphatic heterocycles. The summed E-state index contributed by atoms with van der Waals surface area (Å²) in [5.41, 5.74) is 0.832. The van der Waals surface area contributed by atoms with E-state index in [1.807, 2.05) is 11.0 Å². The smallest absolute Gasteiger partial charge is 0.222 e. The summed E-state index contributed by atoms with van der Waals surface area (Å²) in [4.78, 5) is 16.9. The normalized spacial score (nSPS) is 19.5. The Kier molecular flexibility index (Phi) is 6.86. The van der Waals surface area contributed by atoms with Crippen LogP contribution in [-0.4, -0.2) is 68.8 Å². The number of carbonyl (C=O) groups is 1. The fraction of sp³-hybridized carbons (Fsp3) is 0.650. The Bertz CT molecular complexity index is 597. The first-order chi connectivity index (χ1) is 12.7. The van der Waals surface area contributed by atoms with Crippen LogP contribution in [0.1, 0.15) is 24.8 Å². The van der Waals surface area contributed by atoms with Crippen LogP contribution in [0.15, 0.2) is 18.2 Å². The lowest BCUT2D eigenvalue weighted by Gasteiger charge is -2.36. The zero-order valence-corrected chi connectivity index (χ0v) is 15.6. The molecule has 26 heavy (non-hydrogen) atoms. The van der Waals surface area contributed by atoms with Crippen LogP contribution >= 0.6 is 0 Å². The van der Waals surface area contributed by atoms with Gasteiger partial charge in [0.25, 0.3) is 0 Å². The lowest BCUT2D eigenvalue weighted by molar-refractivity contribution is -0.132. The molecule has 0 atom stereocenters. The second kappa shape index (κ2) is 9.33. The summed E-state index contributed by atoms with van der Waals surface area (Å²) in [5.74, 6) is 0.711. The average molecular weight is 364 g/mol. The molecule has 0 N–H and O–H groups in total. The van der Waals surface area contributed by atoms with Crippen molar-refractivity contribution in [1.29, 1.82) is 0 Å². The Hall–Kier alpha value is -1.66. The molecule has 0 unspecified atom stereocenters. The molecule has 0 spiro atoms. The van der Waals surface area contributed by atoms with Crippen LogP contribution < -0.4 is 4.74 Å². The summed E-state index contributed by atoms with van der Waals surface area (Å²) in [6, 6.07) is 4.90. The van der Waals surface area contributed by atoms with Crippen LogP contribution in [0.4, 0.5) is 4.39 Å². The quantitative estimate of drug-likeness (QED) is 0.777. The van der Waals surface area contributed by atoms with Gasteiger partial charge >= 0.3 is 0 Å². The molecule has 5 nitrogen and oxygen atoms in total. The van der Waals surface area contributed by atoms with Gasteiger partial charge in [-0.1, -0.05) is 6.07 Å². The van der Waals surface area contributed by atoms with Crippen LogP contribution in [0, 0.1) is 11.7 Å². The highest BCUT2D eigenvalue weighted by molar-refractivity contribution is 5.76. The number of hydrogen-bond acceptors (Lipinski definition) is 4. The fourth-order valence-corrected chi connectivity index (χ4v) is 3.79. The van der Waals surface area contributed by atoms with Gasteiger partial charge in [-0.25, -0.2) is 4.39 Å². The number of aryl methyl sites for hydroxylation is 1. The third kappa shape index (κ3) is 5.17. The highest BCUT2D eigenvalue weighted by Crippen LogP contribution is 2.21. The first kappa shape index (κ1) is 19.1. The highest BCUT2D eigenvalue weighted by atomic mass is 19.1. The van der Waals surface area contributed by atoms with Gasteiger partial charge in [0.2, 0.25) is 5.91 Å². The van der Waals surface area contributed by atoms with Crippen molar-refractivity contribution >= 4 is 5.91 Å².